The number of nitriles is 2. The first kappa shape index (κ1) is 17.9. The molecule has 4 heteroatoms. The second-order valence-electron chi connectivity index (χ2n) is 6.52. The van der Waals surface area contributed by atoms with Crippen LogP contribution in [-0.2, 0) is 4.79 Å². The molecule has 1 aliphatic carbocycles. The van der Waals surface area contributed by atoms with Gasteiger partial charge in [-0.15, -0.1) is 0 Å². The second kappa shape index (κ2) is 7.56. The molecule has 1 aliphatic rings. The number of benzene rings is 2. The molecule has 1 fully saturated rings. The third kappa shape index (κ3) is 3.40. The van der Waals surface area contributed by atoms with E-state index in [4.69, 9.17) is 11.6 Å². The molecule has 1 saturated carbocycles. The highest BCUT2D eigenvalue weighted by atomic mass is 35.5. The van der Waals surface area contributed by atoms with Gasteiger partial charge in [0, 0.05) is 29.7 Å². The molecule has 3 rings (SSSR count). The Morgan fingerprint density at radius 3 is 2.27 bits per heavy atom. The molecule has 0 aliphatic heterocycles. The summed E-state index contributed by atoms with van der Waals surface area (Å²) < 4.78 is 0. The van der Waals surface area contributed by atoms with E-state index in [2.05, 4.69) is 12.1 Å². The van der Waals surface area contributed by atoms with E-state index in [-0.39, 0.29) is 18.6 Å². The predicted molar refractivity (Wildman–Crippen MR) is 101 cm³/mol. The Balaban J connectivity index is 2.00. The Kier molecular flexibility index (Phi) is 5.21. The van der Waals surface area contributed by atoms with E-state index >= 15 is 0 Å². The molecule has 128 valence electrons. The van der Waals surface area contributed by atoms with E-state index < -0.39 is 17.3 Å². The summed E-state index contributed by atoms with van der Waals surface area (Å²) in [4.78, 5) is 12.4. The fraction of sp³-hybridized carbons (Fsp3) is 0.227. The zero-order valence-corrected chi connectivity index (χ0v) is 14.9. The van der Waals surface area contributed by atoms with Crippen LogP contribution < -0.4 is 0 Å². The van der Waals surface area contributed by atoms with Crippen molar-refractivity contribution < 1.29 is 4.79 Å². The van der Waals surface area contributed by atoms with E-state index in [1.165, 1.54) is 0 Å². The Labute approximate surface area is 158 Å². The van der Waals surface area contributed by atoms with Gasteiger partial charge in [-0.2, -0.15) is 10.5 Å². The maximum atomic E-state index is 12.4. The number of hydrogen-bond acceptors (Lipinski definition) is 3. The molecule has 0 heterocycles. The van der Waals surface area contributed by atoms with Gasteiger partial charge in [0.25, 0.3) is 0 Å². The monoisotopic (exact) mass is 360 g/mol. The number of ketones is 1. The lowest BCUT2D eigenvalue weighted by atomic mass is 9.59. The van der Waals surface area contributed by atoms with E-state index in [0.717, 1.165) is 11.1 Å². The molecule has 0 N–H and O–H groups in total. The lowest BCUT2D eigenvalue weighted by molar-refractivity contribution is -0.123. The summed E-state index contributed by atoms with van der Waals surface area (Å²) in [6.45, 7) is 0. The number of Topliss-reactive ketones (excluding diaryl/α,β-unsaturated/α-hetero) is 1. The molecule has 0 spiro atoms. The highest BCUT2D eigenvalue weighted by Gasteiger charge is 2.51. The molecule has 0 radical (unpaired) electrons. The molecule has 0 unspecified atom stereocenters. The summed E-state index contributed by atoms with van der Waals surface area (Å²) in [7, 11) is 0. The highest BCUT2D eigenvalue weighted by Crippen LogP contribution is 2.49. The standard InChI is InChI=1S/C22H17ClN2O/c23-19-10-7-16(8-11-19)6-9-18-12-20(26)13-21(22(18,14-24)15-25)17-4-2-1-3-5-17/h1-11,18,21H,12-13H2/b9-6+/t18-,21+/m1/s1. The summed E-state index contributed by atoms with van der Waals surface area (Å²) >= 11 is 5.90. The third-order valence-corrected chi connectivity index (χ3v) is 5.23. The molecule has 0 saturated heterocycles. The fourth-order valence-electron chi connectivity index (χ4n) is 3.57. The van der Waals surface area contributed by atoms with Gasteiger partial charge < -0.3 is 0 Å². The molecular formula is C22H17ClN2O. The van der Waals surface area contributed by atoms with Crippen molar-refractivity contribution in [2.75, 3.05) is 0 Å². The van der Waals surface area contributed by atoms with Crippen molar-refractivity contribution in [1.29, 1.82) is 10.5 Å². The van der Waals surface area contributed by atoms with Crippen molar-refractivity contribution in [3.8, 4) is 12.1 Å². The predicted octanol–water partition coefficient (Wildman–Crippen LogP) is 5.15. The lowest BCUT2D eigenvalue weighted by Gasteiger charge is -2.38. The van der Waals surface area contributed by atoms with E-state index in [1.807, 2.05) is 54.6 Å². The van der Waals surface area contributed by atoms with Crippen LogP contribution in [0.3, 0.4) is 0 Å². The second-order valence-corrected chi connectivity index (χ2v) is 6.96. The van der Waals surface area contributed by atoms with Gasteiger partial charge in [-0.3, -0.25) is 4.79 Å². The zero-order valence-electron chi connectivity index (χ0n) is 14.1. The van der Waals surface area contributed by atoms with Crippen molar-refractivity contribution in [2.24, 2.45) is 11.3 Å². The maximum Gasteiger partial charge on any atom is 0.157 e. The van der Waals surface area contributed by atoms with Crippen LogP contribution in [0, 0.1) is 34.0 Å². The van der Waals surface area contributed by atoms with Gasteiger partial charge in [0.05, 0.1) is 12.1 Å². The van der Waals surface area contributed by atoms with Crippen molar-refractivity contribution in [3.05, 3.63) is 76.8 Å². The average molecular weight is 361 g/mol. The number of carbonyl (C=O) groups is 1. The number of rotatable bonds is 3. The molecule has 3 nitrogen and oxygen atoms in total. The van der Waals surface area contributed by atoms with Crippen LogP contribution in [0.4, 0.5) is 0 Å². The molecule has 26 heavy (non-hydrogen) atoms. The normalized spacial score (nSPS) is 21.9. The average Bonchev–Trinajstić information content (AvgIpc) is 2.68. The molecule has 0 bridgehead atoms. The van der Waals surface area contributed by atoms with E-state index in [1.54, 1.807) is 12.1 Å². The quantitative estimate of drug-likeness (QED) is 0.760. The Morgan fingerprint density at radius 1 is 1.00 bits per heavy atom. The summed E-state index contributed by atoms with van der Waals surface area (Å²) in [6.07, 6.45) is 4.10. The summed E-state index contributed by atoms with van der Waals surface area (Å²) in [6, 6.07) is 21.2. The van der Waals surface area contributed by atoms with Gasteiger partial charge >= 0.3 is 0 Å². The van der Waals surface area contributed by atoms with Crippen LogP contribution in [0.25, 0.3) is 6.08 Å². The number of halogens is 1. The van der Waals surface area contributed by atoms with Crippen LogP contribution in [0.5, 0.6) is 0 Å². The van der Waals surface area contributed by atoms with E-state index in [0.29, 0.717) is 5.02 Å². The number of carbonyl (C=O) groups excluding carboxylic acids is 1. The Morgan fingerprint density at radius 2 is 1.65 bits per heavy atom. The molecule has 0 aromatic heterocycles. The SMILES string of the molecule is N#CC1(C#N)[C@H](/C=C/c2ccc(Cl)cc2)CC(=O)C[C@H]1c1ccccc1. The van der Waals surface area contributed by atoms with Crippen molar-refractivity contribution in [1.82, 2.24) is 0 Å². The fourth-order valence-corrected chi connectivity index (χ4v) is 3.70. The minimum atomic E-state index is -1.27. The van der Waals surface area contributed by atoms with Crippen LogP contribution in [0.1, 0.15) is 29.9 Å². The van der Waals surface area contributed by atoms with Crippen molar-refractivity contribution >= 4 is 23.5 Å². The number of allylic oxidation sites excluding steroid dienone is 1. The zero-order chi connectivity index (χ0) is 18.6. The van der Waals surface area contributed by atoms with Gasteiger partial charge in [-0.25, -0.2) is 0 Å². The van der Waals surface area contributed by atoms with Crippen LogP contribution in [0.2, 0.25) is 5.02 Å². The number of nitrogens with zero attached hydrogens (tertiary/aromatic N) is 2. The van der Waals surface area contributed by atoms with Gasteiger partial charge in [0.15, 0.2) is 5.41 Å². The van der Waals surface area contributed by atoms with Crippen LogP contribution in [0.15, 0.2) is 60.7 Å². The minimum absolute atomic E-state index is 0.0748. The molecule has 2 atom stereocenters. The summed E-state index contributed by atoms with van der Waals surface area (Å²) in [5, 5.41) is 20.5. The third-order valence-electron chi connectivity index (χ3n) is 4.98. The van der Waals surface area contributed by atoms with Crippen LogP contribution >= 0.6 is 11.6 Å². The smallest absolute Gasteiger partial charge is 0.157 e. The first-order valence-corrected chi connectivity index (χ1v) is 8.80. The van der Waals surface area contributed by atoms with Gasteiger partial charge in [-0.05, 0) is 23.3 Å². The molecular weight excluding hydrogens is 344 g/mol. The van der Waals surface area contributed by atoms with E-state index in [9.17, 15) is 15.3 Å². The highest BCUT2D eigenvalue weighted by molar-refractivity contribution is 6.30. The first-order valence-electron chi connectivity index (χ1n) is 8.42. The maximum absolute atomic E-state index is 12.4. The molecule has 0 amide bonds. The summed E-state index contributed by atoms with van der Waals surface area (Å²) in [5.74, 6) is -0.815. The van der Waals surface area contributed by atoms with Crippen molar-refractivity contribution in [2.45, 2.75) is 18.8 Å². The molecule has 2 aromatic carbocycles. The largest absolute Gasteiger partial charge is 0.300 e. The first-order chi connectivity index (χ1) is 12.6. The topological polar surface area (TPSA) is 64.7 Å². The van der Waals surface area contributed by atoms with Gasteiger partial charge in [0.1, 0.15) is 5.78 Å². The summed E-state index contributed by atoms with van der Waals surface area (Å²) in [5.41, 5.74) is 0.500. The number of hydrogen-bond donors (Lipinski definition) is 0. The Hall–Kier alpha value is -2.88. The van der Waals surface area contributed by atoms with Crippen LogP contribution in [-0.4, -0.2) is 5.78 Å². The lowest BCUT2D eigenvalue weighted by Crippen LogP contribution is -2.40. The van der Waals surface area contributed by atoms with Gasteiger partial charge in [0.2, 0.25) is 0 Å². The Bertz CT molecular complexity index is 890. The van der Waals surface area contributed by atoms with Gasteiger partial charge in [-0.1, -0.05) is 66.2 Å². The van der Waals surface area contributed by atoms with Crippen molar-refractivity contribution in [3.63, 3.8) is 0 Å². The minimum Gasteiger partial charge on any atom is -0.300 e. The molecule has 2 aromatic rings.